The molecule has 0 amide bonds. The Morgan fingerprint density at radius 1 is 1.06 bits per heavy atom. The average Bonchev–Trinajstić information content (AvgIpc) is 2.26. The second-order valence-electron chi connectivity index (χ2n) is 4.43. The maximum atomic E-state index is 10.8. The molecule has 96 valence electrons. The third kappa shape index (κ3) is 9.08. The summed E-state index contributed by atoms with van der Waals surface area (Å²) >= 11 is 4.18. The van der Waals surface area contributed by atoms with E-state index in [-0.39, 0.29) is 5.92 Å². The molecule has 1 atom stereocenters. The Balaban J connectivity index is 3.22. The molecule has 0 aromatic carbocycles. The molecule has 0 saturated heterocycles. The number of hydrogen-bond acceptors (Lipinski definition) is 2. The zero-order chi connectivity index (χ0) is 12.2. The first-order valence-electron chi connectivity index (χ1n) is 6.56. The van der Waals surface area contributed by atoms with Crippen LogP contribution in [0.15, 0.2) is 0 Å². The van der Waals surface area contributed by atoms with Crippen LogP contribution in [-0.4, -0.2) is 16.8 Å². The first kappa shape index (κ1) is 15.8. The largest absolute Gasteiger partial charge is 0.481 e. The number of rotatable bonds is 11. The van der Waals surface area contributed by atoms with Gasteiger partial charge in [-0.2, -0.15) is 12.6 Å². The van der Waals surface area contributed by atoms with Gasteiger partial charge in [-0.1, -0.05) is 45.4 Å². The van der Waals surface area contributed by atoms with E-state index < -0.39 is 5.97 Å². The van der Waals surface area contributed by atoms with E-state index in [0.717, 1.165) is 25.0 Å². The number of carboxylic acids is 1. The highest BCUT2D eigenvalue weighted by Gasteiger charge is 2.13. The molecule has 0 aliphatic carbocycles. The summed E-state index contributed by atoms with van der Waals surface area (Å²) in [6, 6.07) is 0. The maximum absolute atomic E-state index is 10.8. The van der Waals surface area contributed by atoms with Gasteiger partial charge in [0.25, 0.3) is 0 Å². The van der Waals surface area contributed by atoms with Gasteiger partial charge in [-0.3, -0.25) is 4.79 Å². The van der Waals surface area contributed by atoms with Gasteiger partial charge in [-0.05, 0) is 25.0 Å². The first-order chi connectivity index (χ1) is 7.72. The third-order valence-corrected chi connectivity index (χ3v) is 3.37. The average molecular weight is 246 g/mol. The maximum Gasteiger partial charge on any atom is 0.306 e. The molecule has 2 nitrogen and oxygen atoms in total. The van der Waals surface area contributed by atoms with Crippen LogP contribution in [0.2, 0.25) is 0 Å². The van der Waals surface area contributed by atoms with Crippen molar-refractivity contribution in [2.24, 2.45) is 5.92 Å². The minimum absolute atomic E-state index is 0.121. The number of thiol groups is 1. The molecule has 0 aromatic rings. The van der Waals surface area contributed by atoms with Gasteiger partial charge in [-0.25, -0.2) is 0 Å². The second-order valence-corrected chi connectivity index (χ2v) is 4.88. The smallest absolute Gasteiger partial charge is 0.306 e. The summed E-state index contributed by atoms with van der Waals surface area (Å²) in [6.07, 6.45) is 10.2. The van der Waals surface area contributed by atoms with E-state index in [1.54, 1.807) is 0 Å². The summed E-state index contributed by atoms with van der Waals surface area (Å²) in [6.45, 7) is 1.95. The van der Waals surface area contributed by atoms with Crippen LogP contribution in [0.1, 0.15) is 64.7 Å². The van der Waals surface area contributed by atoms with Crippen molar-refractivity contribution in [3.8, 4) is 0 Å². The number of aliphatic carboxylic acids is 1. The summed E-state index contributed by atoms with van der Waals surface area (Å²) in [5.41, 5.74) is 0. The van der Waals surface area contributed by atoms with Gasteiger partial charge in [0.15, 0.2) is 0 Å². The first-order valence-corrected chi connectivity index (χ1v) is 7.19. The number of carbonyl (C=O) groups is 1. The predicted molar refractivity (Wildman–Crippen MR) is 72.2 cm³/mol. The fourth-order valence-electron chi connectivity index (χ4n) is 1.89. The van der Waals surface area contributed by atoms with Crippen LogP contribution in [0, 0.1) is 5.92 Å². The van der Waals surface area contributed by atoms with Crippen molar-refractivity contribution in [2.45, 2.75) is 64.7 Å². The van der Waals surface area contributed by atoms with Gasteiger partial charge < -0.3 is 5.11 Å². The van der Waals surface area contributed by atoms with E-state index in [9.17, 15) is 4.79 Å². The van der Waals surface area contributed by atoms with Crippen molar-refractivity contribution < 1.29 is 9.90 Å². The summed E-state index contributed by atoms with van der Waals surface area (Å²) in [4.78, 5) is 10.8. The van der Waals surface area contributed by atoms with Crippen LogP contribution in [-0.2, 0) is 4.79 Å². The topological polar surface area (TPSA) is 37.3 Å². The molecule has 0 aliphatic heterocycles. The number of hydrogen-bond donors (Lipinski definition) is 2. The molecule has 0 spiro atoms. The van der Waals surface area contributed by atoms with Gasteiger partial charge >= 0.3 is 5.97 Å². The highest BCUT2D eigenvalue weighted by atomic mass is 32.1. The Bertz CT molecular complexity index is 171. The molecule has 16 heavy (non-hydrogen) atoms. The molecule has 1 N–H and O–H groups in total. The van der Waals surface area contributed by atoms with E-state index in [4.69, 9.17) is 5.11 Å². The van der Waals surface area contributed by atoms with E-state index in [2.05, 4.69) is 12.6 Å². The Labute approximate surface area is 105 Å². The third-order valence-electron chi connectivity index (χ3n) is 3.05. The molecule has 0 heterocycles. The van der Waals surface area contributed by atoms with Crippen LogP contribution in [0.5, 0.6) is 0 Å². The molecule has 0 radical (unpaired) electrons. The number of carboxylic acid groups (broad SMARTS) is 1. The Hall–Kier alpha value is -0.180. The fourth-order valence-corrected chi connectivity index (χ4v) is 2.11. The Morgan fingerprint density at radius 3 is 2.00 bits per heavy atom. The van der Waals surface area contributed by atoms with Crippen molar-refractivity contribution in [3.63, 3.8) is 0 Å². The minimum atomic E-state index is -0.628. The van der Waals surface area contributed by atoms with E-state index in [0.29, 0.717) is 0 Å². The monoisotopic (exact) mass is 246 g/mol. The molecule has 0 fully saturated rings. The van der Waals surface area contributed by atoms with Crippen molar-refractivity contribution >= 4 is 18.6 Å². The minimum Gasteiger partial charge on any atom is -0.481 e. The zero-order valence-corrected chi connectivity index (χ0v) is 11.3. The summed E-state index contributed by atoms with van der Waals surface area (Å²) in [5, 5.41) is 8.87. The second kappa shape index (κ2) is 11.3. The summed E-state index contributed by atoms with van der Waals surface area (Å²) in [7, 11) is 0. The zero-order valence-electron chi connectivity index (χ0n) is 10.5. The van der Waals surface area contributed by atoms with E-state index in [1.807, 2.05) is 6.92 Å². The lowest BCUT2D eigenvalue weighted by Crippen LogP contribution is -2.12. The fraction of sp³-hybridized carbons (Fsp3) is 0.923. The molecule has 3 heteroatoms. The van der Waals surface area contributed by atoms with Gasteiger partial charge in [0, 0.05) is 0 Å². The Kier molecular flexibility index (Phi) is 11.2. The lowest BCUT2D eigenvalue weighted by molar-refractivity contribution is -0.142. The lowest BCUT2D eigenvalue weighted by Gasteiger charge is -2.08. The quantitative estimate of drug-likeness (QED) is 0.424. The summed E-state index contributed by atoms with van der Waals surface area (Å²) < 4.78 is 0. The predicted octanol–water partition coefficient (Wildman–Crippen LogP) is 4.15. The van der Waals surface area contributed by atoms with E-state index in [1.165, 1.54) is 38.5 Å². The van der Waals surface area contributed by atoms with Crippen LogP contribution in [0.4, 0.5) is 0 Å². The van der Waals surface area contributed by atoms with Gasteiger partial charge in [-0.15, -0.1) is 0 Å². The molecule has 0 rings (SSSR count). The molecular formula is C13H26O2S. The van der Waals surface area contributed by atoms with Crippen molar-refractivity contribution in [3.05, 3.63) is 0 Å². The lowest BCUT2D eigenvalue weighted by atomic mass is 9.98. The van der Waals surface area contributed by atoms with E-state index >= 15 is 0 Å². The van der Waals surface area contributed by atoms with Gasteiger partial charge in [0.1, 0.15) is 0 Å². The van der Waals surface area contributed by atoms with Crippen LogP contribution < -0.4 is 0 Å². The highest BCUT2D eigenvalue weighted by molar-refractivity contribution is 7.80. The SMILES string of the molecule is CCC(CCCCCCCCCS)C(=O)O. The number of unbranched alkanes of at least 4 members (excludes halogenated alkanes) is 6. The molecule has 0 aliphatic rings. The van der Waals surface area contributed by atoms with Gasteiger partial charge in [0.2, 0.25) is 0 Å². The highest BCUT2D eigenvalue weighted by Crippen LogP contribution is 2.15. The molecular weight excluding hydrogens is 220 g/mol. The molecule has 0 bridgehead atoms. The standard InChI is InChI=1S/C13H26O2S/c1-2-12(13(14)15)10-8-6-4-3-5-7-9-11-16/h12,16H,2-11H2,1H3,(H,14,15). The van der Waals surface area contributed by atoms with Gasteiger partial charge in [0.05, 0.1) is 5.92 Å². The molecule has 0 saturated carbocycles. The van der Waals surface area contributed by atoms with Crippen LogP contribution in [0.25, 0.3) is 0 Å². The normalized spacial score (nSPS) is 12.6. The van der Waals surface area contributed by atoms with Crippen LogP contribution in [0.3, 0.4) is 0 Å². The van der Waals surface area contributed by atoms with Crippen LogP contribution >= 0.6 is 12.6 Å². The molecule has 1 unspecified atom stereocenters. The van der Waals surface area contributed by atoms with Crippen molar-refractivity contribution in [1.29, 1.82) is 0 Å². The Morgan fingerprint density at radius 2 is 1.56 bits per heavy atom. The molecule has 0 aromatic heterocycles. The van der Waals surface area contributed by atoms with Crippen molar-refractivity contribution in [2.75, 3.05) is 5.75 Å². The summed E-state index contributed by atoms with van der Waals surface area (Å²) in [5.74, 6) is 0.247. The van der Waals surface area contributed by atoms with Crippen molar-refractivity contribution in [1.82, 2.24) is 0 Å².